The lowest BCUT2D eigenvalue weighted by molar-refractivity contribution is 0.262. The normalized spacial score (nSPS) is 30.6. The Labute approximate surface area is 125 Å². The summed E-state index contributed by atoms with van der Waals surface area (Å²) in [6, 6.07) is 2.11. The van der Waals surface area contributed by atoms with E-state index in [4.69, 9.17) is 0 Å². The lowest BCUT2D eigenvalue weighted by Gasteiger charge is -2.23. The van der Waals surface area contributed by atoms with E-state index in [1.807, 2.05) is 0 Å². The molecule has 0 aromatic heterocycles. The Hall–Kier alpha value is -0.120. The third-order valence-corrected chi connectivity index (χ3v) is 5.10. The van der Waals surface area contributed by atoms with Crippen molar-refractivity contribution in [2.75, 3.05) is 26.2 Å². The summed E-state index contributed by atoms with van der Waals surface area (Å²) in [6.45, 7) is 12.0. The van der Waals surface area contributed by atoms with Gasteiger partial charge in [0.05, 0.1) is 0 Å². The molecule has 2 aliphatic rings. The van der Waals surface area contributed by atoms with Crippen LogP contribution in [0.25, 0.3) is 0 Å². The second kappa shape index (κ2) is 8.35. The van der Waals surface area contributed by atoms with Crippen molar-refractivity contribution in [3.05, 3.63) is 0 Å². The van der Waals surface area contributed by atoms with E-state index in [0.29, 0.717) is 12.1 Å². The van der Waals surface area contributed by atoms with Gasteiger partial charge in [-0.1, -0.05) is 12.8 Å². The first kappa shape index (κ1) is 16.3. The molecule has 0 aliphatic carbocycles. The minimum absolute atomic E-state index is 0.652. The molecule has 20 heavy (non-hydrogen) atoms. The number of rotatable bonds is 6. The van der Waals surface area contributed by atoms with Crippen LogP contribution in [0.5, 0.6) is 0 Å². The number of nitrogens with one attached hydrogen (secondary N) is 2. The largest absolute Gasteiger partial charge is 0.314 e. The highest BCUT2D eigenvalue weighted by Gasteiger charge is 2.24. The SMILES string of the molecule is CC(CC1CCCCCN1)NCC1CCN(C(C)C)C1. The molecular formula is C17H35N3. The van der Waals surface area contributed by atoms with Crippen molar-refractivity contribution in [3.8, 4) is 0 Å². The number of hydrogen-bond acceptors (Lipinski definition) is 3. The fraction of sp³-hybridized carbons (Fsp3) is 1.00. The molecule has 0 radical (unpaired) electrons. The predicted octanol–water partition coefficient (Wildman–Crippen LogP) is 2.62. The molecule has 0 aromatic carbocycles. The van der Waals surface area contributed by atoms with E-state index in [1.165, 1.54) is 64.7 Å². The van der Waals surface area contributed by atoms with Crippen LogP contribution < -0.4 is 10.6 Å². The van der Waals surface area contributed by atoms with Gasteiger partial charge in [-0.3, -0.25) is 0 Å². The van der Waals surface area contributed by atoms with Gasteiger partial charge in [0.1, 0.15) is 0 Å². The Balaban J connectivity index is 1.61. The number of likely N-dealkylation sites (tertiary alicyclic amines) is 1. The van der Waals surface area contributed by atoms with Crippen LogP contribution in [0.1, 0.15) is 59.3 Å². The second-order valence-corrected chi connectivity index (χ2v) is 7.29. The zero-order valence-corrected chi connectivity index (χ0v) is 13.8. The average Bonchev–Trinajstić information content (AvgIpc) is 2.75. The van der Waals surface area contributed by atoms with Crippen LogP contribution in [-0.4, -0.2) is 49.2 Å². The molecule has 0 amide bonds. The quantitative estimate of drug-likeness (QED) is 0.784. The number of hydrogen-bond donors (Lipinski definition) is 2. The third-order valence-electron chi connectivity index (χ3n) is 5.10. The molecule has 2 rings (SSSR count). The standard InChI is InChI=1S/C17H35N3/c1-14(2)20-10-8-16(13-20)12-19-15(3)11-17-7-5-4-6-9-18-17/h14-19H,4-13H2,1-3H3. The highest BCUT2D eigenvalue weighted by Crippen LogP contribution is 2.18. The van der Waals surface area contributed by atoms with Crippen molar-refractivity contribution in [1.82, 2.24) is 15.5 Å². The zero-order valence-electron chi connectivity index (χ0n) is 13.8. The third kappa shape index (κ3) is 5.34. The van der Waals surface area contributed by atoms with Gasteiger partial charge in [-0.15, -0.1) is 0 Å². The summed E-state index contributed by atoms with van der Waals surface area (Å²) in [5.41, 5.74) is 0. The Bertz CT molecular complexity index is 259. The van der Waals surface area contributed by atoms with E-state index in [0.717, 1.165) is 12.0 Å². The van der Waals surface area contributed by atoms with Crippen LogP contribution in [0.4, 0.5) is 0 Å². The maximum absolute atomic E-state index is 3.79. The molecule has 2 heterocycles. The minimum Gasteiger partial charge on any atom is -0.314 e. The fourth-order valence-electron chi connectivity index (χ4n) is 3.68. The van der Waals surface area contributed by atoms with Crippen LogP contribution in [-0.2, 0) is 0 Å². The Morgan fingerprint density at radius 3 is 2.75 bits per heavy atom. The van der Waals surface area contributed by atoms with Gasteiger partial charge in [-0.25, -0.2) is 0 Å². The van der Waals surface area contributed by atoms with Gasteiger partial charge in [0, 0.05) is 24.7 Å². The Morgan fingerprint density at radius 2 is 2.00 bits per heavy atom. The van der Waals surface area contributed by atoms with Crippen LogP contribution in [0.2, 0.25) is 0 Å². The Morgan fingerprint density at radius 1 is 1.15 bits per heavy atom. The van der Waals surface area contributed by atoms with Crippen molar-refractivity contribution < 1.29 is 0 Å². The molecule has 2 saturated heterocycles. The average molecular weight is 281 g/mol. The van der Waals surface area contributed by atoms with Crippen LogP contribution in [0.3, 0.4) is 0 Å². The van der Waals surface area contributed by atoms with Crippen molar-refractivity contribution in [1.29, 1.82) is 0 Å². The lowest BCUT2D eigenvalue weighted by atomic mass is 10.0. The highest BCUT2D eigenvalue weighted by atomic mass is 15.2. The van der Waals surface area contributed by atoms with Crippen molar-refractivity contribution >= 4 is 0 Å². The van der Waals surface area contributed by atoms with E-state index in [1.54, 1.807) is 0 Å². The first-order valence-electron chi connectivity index (χ1n) is 8.86. The molecule has 0 saturated carbocycles. The molecule has 118 valence electrons. The highest BCUT2D eigenvalue weighted by molar-refractivity contribution is 4.81. The molecule has 3 heteroatoms. The van der Waals surface area contributed by atoms with Crippen molar-refractivity contribution in [2.24, 2.45) is 5.92 Å². The van der Waals surface area contributed by atoms with E-state index >= 15 is 0 Å². The molecule has 2 N–H and O–H groups in total. The fourth-order valence-corrected chi connectivity index (χ4v) is 3.68. The van der Waals surface area contributed by atoms with Gasteiger partial charge in [-0.05, 0) is 72.0 Å². The number of nitrogens with zero attached hydrogens (tertiary/aromatic N) is 1. The van der Waals surface area contributed by atoms with Crippen molar-refractivity contribution in [2.45, 2.75) is 77.4 Å². The van der Waals surface area contributed by atoms with Crippen molar-refractivity contribution in [3.63, 3.8) is 0 Å². The molecule has 3 nitrogen and oxygen atoms in total. The summed E-state index contributed by atoms with van der Waals surface area (Å²) in [6.07, 6.45) is 8.23. The summed E-state index contributed by atoms with van der Waals surface area (Å²) < 4.78 is 0. The molecule has 3 unspecified atom stereocenters. The lowest BCUT2D eigenvalue weighted by Crippen LogP contribution is -2.39. The molecule has 2 aliphatic heterocycles. The van der Waals surface area contributed by atoms with Gasteiger partial charge in [0.2, 0.25) is 0 Å². The van der Waals surface area contributed by atoms with Crippen LogP contribution >= 0.6 is 0 Å². The second-order valence-electron chi connectivity index (χ2n) is 7.29. The van der Waals surface area contributed by atoms with E-state index in [2.05, 4.69) is 36.3 Å². The maximum atomic E-state index is 3.79. The topological polar surface area (TPSA) is 27.3 Å². The van der Waals surface area contributed by atoms with Crippen LogP contribution in [0.15, 0.2) is 0 Å². The minimum atomic E-state index is 0.652. The molecule has 3 atom stereocenters. The summed E-state index contributed by atoms with van der Waals surface area (Å²) in [5, 5.41) is 7.50. The molecule has 0 bridgehead atoms. The van der Waals surface area contributed by atoms with E-state index < -0.39 is 0 Å². The monoisotopic (exact) mass is 281 g/mol. The van der Waals surface area contributed by atoms with Gasteiger partial charge in [-0.2, -0.15) is 0 Å². The maximum Gasteiger partial charge on any atom is 0.00817 e. The smallest absolute Gasteiger partial charge is 0.00817 e. The van der Waals surface area contributed by atoms with E-state index in [9.17, 15) is 0 Å². The first-order chi connectivity index (χ1) is 9.65. The Kier molecular flexibility index (Phi) is 6.79. The summed E-state index contributed by atoms with van der Waals surface area (Å²) in [4.78, 5) is 2.61. The molecule has 2 fully saturated rings. The summed E-state index contributed by atoms with van der Waals surface area (Å²) >= 11 is 0. The van der Waals surface area contributed by atoms with Gasteiger partial charge < -0.3 is 15.5 Å². The predicted molar refractivity (Wildman–Crippen MR) is 87.2 cm³/mol. The molecule has 0 aromatic rings. The molecule has 0 spiro atoms. The molecular weight excluding hydrogens is 246 g/mol. The summed E-state index contributed by atoms with van der Waals surface area (Å²) in [7, 11) is 0. The van der Waals surface area contributed by atoms with E-state index in [-0.39, 0.29) is 0 Å². The first-order valence-corrected chi connectivity index (χ1v) is 8.86. The summed E-state index contributed by atoms with van der Waals surface area (Å²) in [5.74, 6) is 0.863. The van der Waals surface area contributed by atoms with Gasteiger partial charge in [0.25, 0.3) is 0 Å². The van der Waals surface area contributed by atoms with Crippen LogP contribution in [0, 0.1) is 5.92 Å². The zero-order chi connectivity index (χ0) is 14.4. The van der Waals surface area contributed by atoms with Gasteiger partial charge in [0.15, 0.2) is 0 Å². The van der Waals surface area contributed by atoms with Gasteiger partial charge >= 0.3 is 0 Å².